The quantitative estimate of drug-likeness (QED) is 0.848. The number of H-pyrrole nitrogens is 1. The molecule has 1 aromatic heterocycles. The summed E-state index contributed by atoms with van der Waals surface area (Å²) in [6, 6.07) is 5.60. The number of hydrogen-bond acceptors (Lipinski definition) is 6. The van der Waals surface area contributed by atoms with Gasteiger partial charge in [0.15, 0.2) is 11.5 Å². The lowest BCUT2D eigenvalue weighted by atomic mass is 10.2. The van der Waals surface area contributed by atoms with Crippen molar-refractivity contribution in [3.05, 3.63) is 29.6 Å². The van der Waals surface area contributed by atoms with E-state index < -0.39 is 0 Å². The van der Waals surface area contributed by atoms with Crippen molar-refractivity contribution in [2.75, 3.05) is 26.0 Å². The third kappa shape index (κ3) is 2.73. The lowest BCUT2D eigenvalue weighted by Gasteiger charge is -2.20. The molecular formula is C13H15N5O3. The fourth-order valence-corrected chi connectivity index (χ4v) is 2.08. The van der Waals surface area contributed by atoms with Crippen LogP contribution >= 0.6 is 0 Å². The summed E-state index contributed by atoms with van der Waals surface area (Å²) in [4.78, 5) is 17.5. The Morgan fingerprint density at radius 3 is 2.86 bits per heavy atom. The number of rotatable bonds is 3. The van der Waals surface area contributed by atoms with Crippen LogP contribution in [0.25, 0.3) is 0 Å². The van der Waals surface area contributed by atoms with E-state index in [2.05, 4.69) is 15.2 Å². The van der Waals surface area contributed by atoms with Crippen LogP contribution in [0.4, 0.5) is 5.95 Å². The highest BCUT2D eigenvalue weighted by Gasteiger charge is 2.17. The minimum atomic E-state index is -0.283. The van der Waals surface area contributed by atoms with Crippen LogP contribution in [0, 0.1) is 0 Å². The molecule has 0 saturated heterocycles. The normalized spacial score (nSPS) is 13.0. The molecule has 3 N–H and O–H groups in total. The number of amides is 1. The van der Waals surface area contributed by atoms with Gasteiger partial charge < -0.3 is 20.1 Å². The molecule has 1 aliphatic heterocycles. The first kappa shape index (κ1) is 13.2. The van der Waals surface area contributed by atoms with E-state index in [0.29, 0.717) is 25.5 Å². The van der Waals surface area contributed by atoms with Gasteiger partial charge in [-0.3, -0.25) is 9.89 Å². The van der Waals surface area contributed by atoms with Crippen molar-refractivity contribution in [1.82, 2.24) is 20.1 Å². The first-order valence-electron chi connectivity index (χ1n) is 6.45. The van der Waals surface area contributed by atoms with Gasteiger partial charge in [-0.1, -0.05) is 6.07 Å². The largest absolute Gasteiger partial charge is 0.486 e. The fourth-order valence-electron chi connectivity index (χ4n) is 2.08. The first-order valence-corrected chi connectivity index (χ1v) is 6.45. The number of fused-ring (bicyclic) bond motifs is 1. The Bertz CT molecular complexity index is 670. The molecule has 1 aromatic carbocycles. The molecule has 1 amide bonds. The number of nitrogens with one attached hydrogen (secondary N) is 1. The van der Waals surface area contributed by atoms with Gasteiger partial charge in [0.1, 0.15) is 13.2 Å². The van der Waals surface area contributed by atoms with Crippen molar-refractivity contribution in [2.45, 2.75) is 6.54 Å². The van der Waals surface area contributed by atoms with Gasteiger partial charge in [-0.15, -0.1) is 5.10 Å². The molecular weight excluding hydrogens is 274 g/mol. The number of carbonyl (C=O) groups is 1. The van der Waals surface area contributed by atoms with E-state index in [1.807, 2.05) is 18.2 Å². The van der Waals surface area contributed by atoms with E-state index in [-0.39, 0.29) is 17.7 Å². The molecule has 8 nitrogen and oxygen atoms in total. The molecule has 21 heavy (non-hydrogen) atoms. The van der Waals surface area contributed by atoms with Crippen LogP contribution in [-0.2, 0) is 6.54 Å². The van der Waals surface area contributed by atoms with Gasteiger partial charge in [0.05, 0.1) is 0 Å². The zero-order chi connectivity index (χ0) is 14.8. The zero-order valence-corrected chi connectivity index (χ0v) is 11.5. The van der Waals surface area contributed by atoms with Crippen molar-refractivity contribution in [2.24, 2.45) is 0 Å². The predicted molar refractivity (Wildman–Crippen MR) is 74.0 cm³/mol. The number of hydrogen-bond donors (Lipinski definition) is 2. The number of carbonyl (C=O) groups excluding carboxylic acids is 1. The third-order valence-electron chi connectivity index (χ3n) is 3.08. The highest BCUT2D eigenvalue weighted by molar-refractivity contribution is 5.90. The van der Waals surface area contributed by atoms with E-state index in [9.17, 15) is 4.79 Å². The Morgan fingerprint density at radius 2 is 2.14 bits per heavy atom. The van der Waals surface area contributed by atoms with Crippen molar-refractivity contribution in [1.29, 1.82) is 0 Å². The molecule has 0 saturated carbocycles. The molecule has 0 radical (unpaired) electrons. The Hall–Kier alpha value is -2.77. The summed E-state index contributed by atoms with van der Waals surface area (Å²) in [6.07, 6.45) is 0. The molecule has 2 heterocycles. The van der Waals surface area contributed by atoms with Crippen LogP contribution in [0.5, 0.6) is 11.5 Å². The third-order valence-corrected chi connectivity index (χ3v) is 3.08. The van der Waals surface area contributed by atoms with Gasteiger partial charge in [-0.2, -0.15) is 4.98 Å². The standard InChI is InChI=1S/C13H15N5O3/c1-18(12(19)11-15-13(14)17-16-11)7-8-2-3-9-10(6-8)21-5-4-20-9/h2-3,6H,4-5,7H2,1H3,(H3,14,15,16,17). The van der Waals surface area contributed by atoms with Gasteiger partial charge in [0.25, 0.3) is 5.91 Å². The summed E-state index contributed by atoms with van der Waals surface area (Å²) in [5.41, 5.74) is 6.32. The monoisotopic (exact) mass is 289 g/mol. The first-order chi connectivity index (χ1) is 10.1. The van der Waals surface area contributed by atoms with Crippen LogP contribution in [0.1, 0.15) is 16.2 Å². The Labute approximate surface area is 120 Å². The average Bonchev–Trinajstić information content (AvgIpc) is 2.93. The van der Waals surface area contributed by atoms with Gasteiger partial charge in [0, 0.05) is 13.6 Å². The number of nitrogens with zero attached hydrogens (tertiary/aromatic N) is 3. The molecule has 1 aliphatic rings. The second-order valence-electron chi connectivity index (χ2n) is 4.68. The van der Waals surface area contributed by atoms with Gasteiger partial charge in [-0.25, -0.2) is 0 Å². The maximum absolute atomic E-state index is 12.1. The van der Waals surface area contributed by atoms with Crippen LogP contribution in [0.2, 0.25) is 0 Å². The molecule has 0 bridgehead atoms. The summed E-state index contributed by atoms with van der Waals surface area (Å²) < 4.78 is 11.0. The summed E-state index contributed by atoms with van der Waals surface area (Å²) in [6.45, 7) is 1.50. The molecule has 0 fully saturated rings. The summed E-state index contributed by atoms with van der Waals surface area (Å²) >= 11 is 0. The van der Waals surface area contributed by atoms with Crippen LogP contribution in [0.15, 0.2) is 18.2 Å². The minimum absolute atomic E-state index is 0.0473. The van der Waals surface area contributed by atoms with Crippen molar-refractivity contribution in [3.8, 4) is 11.5 Å². The second-order valence-corrected chi connectivity index (χ2v) is 4.68. The number of nitrogen functional groups attached to an aromatic ring is 1. The van der Waals surface area contributed by atoms with E-state index in [0.717, 1.165) is 11.3 Å². The summed E-state index contributed by atoms with van der Waals surface area (Å²) in [7, 11) is 1.68. The van der Waals surface area contributed by atoms with Gasteiger partial charge >= 0.3 is 0 Å². The lowest BCUT2D eigenvalue weighted by molar-refractivity contribution is 0.0773. The van der Waals surface area contributed by atoms with E-state index >= 15 is 0 Å². The number of benzene rings is 1. The SMILES string of the molecule is CN(Cc1ccc2c(c1)OCCO2)C(=O)c1nc(N)n[nH]1. The highest BCUT2D eigenvalue weighted by Crippen LogP contribution is 2.31. The van der Waals surface area contributed by atoms with Crippen molar-refractivity contribution in [3.63, 3.8) is 0 Å². The van der Waals surface area contributed by atoms with Crippen molar-refractivity contribution < 1.29 is 14.3 Å². The van der Waals surface area contributed by atoms with Crippen LogP contribution in [-0.4, -0.2) is 46.2 Å². The number of anilines is 1. The fraction of sp³-hybridized carbons (Fsp3) is 0.308. The highest BCUT2D eigenvalue weighted by atomic mass is 16.6. The molecule has 0 unspecified atom stereocenters. The molecule has 8 heteroatoms. The maximum atomic E-state index is 12.1. The Kier molecular flexibility index (Phi) is 3.35. The number of ether oxygens (including phenoxy) is 2. The Balaban J connectivity index is 1.72. The topological polar surface area (TPSA) is 106 Å². The molecule has 110 valence electrons. The molecule has 0 aliphatic carbocycles. The lowest BCUT2D eigenvalue weighted by Crippen LogP contribution is -2.27. The molecule has 0 spiro atoms. The second kappa shape index (κ2) is 5.31. The van der Waals surface area contributed by atoms with Gasteiger partial charge in [0.2, 0.25) is 11.8 Å². The van der Waals surface area contributed by atoms with Crippen molar-refractivity contribution >= 4 is 11.9 Å². The number of aromatic nitrogens is 3. The Morgan fingerprint density at radius 1 is 1.38 bits per heavy atom. The minimum Gasteiger partial charge on any atom is -0.486 e. The van der Waals surface area contributed by atoms with Crippen LogP contribution in [0.3, 0.4) is 0 Å². The van der Waals surface area contributed by atoms with E-state index in [1.165, 1.54) is 4.90 Å². The smallest absolute Gasteiger partial charge is 0.291 e. The van der Waals surface area contributed by atoms with Crippen LogP contribution < -0.4 is 15.2 Å². The predicted octanol–water partition coefficient (Wildman–Crippen LogP) is 0.430. The maximum Gasteiger partial charge on any atom is 0.291 e. The summed E-state index contributed by atoms with van der Waals surface area (Å²) in [5.74, 6) is 1.30. The molecule has 2 aromatic rings. The van der Waals surface area contributed by atoms with E-state index in [1.54, 1.807) is 7.05 Å². The average molecular weight is 289 g/mol. The summed E-state index contributed by atoms with van der Waals surface area (Å²) in [5, 5.41) is 6.14. The van der Waals surface area contributed by atoms with Gasteiger partial charge in [-0.05, 0) is 17.7 Å². The number of aromatic amines is 1. The molecule has 0 atom stereocenters. The zero-order valence-electron chi connectivity index (χ0n) is 11.5. The molecule has 3 rings (SSSR count). The number of nitrogens with two attached hydrogens (primary N) is 1. The van der Waals surface area contributed by atoms with E-state index in [4.69, 9.17) is 15.2 Å².